The van der Waals surface area contributed by atoms with Crippen LogP contribution in [0.15, 0.2) is 48.5 Å². The Morgan fingerprint density at radius 3 is 2.35 bits per heavy atom. The van der Waals surface area contributed by atoms with E-state index >= 15 is 0 Å². The van der Waals surface area contributed by atoms with E-state index in [1.165, 1.54) is 25.7 Å². The molecule has 2 aliphatic rings. The van der Waals surface area contributed by atoms with Crippen molar-refractivity contribution in [2.75, 3.05) is 5.32 Å². The van der Waals surface area contributed by atoms with E-state index in [1.807, 2.05) is 42.5 Å². The number of nitrogens with one attached hydrogen (secondary N) is 3. The standard InChI is InChI=1S/C29H35N3O2/c1-19-7-5-6-10-25(19)29(34)31-24-15-13-20(14-16-24)26-17-21-11-12-22(18-27(21)32-26)28(33)30-23-8-3-2-4-9-23/h11-19,23,25,32H,2-10H2,1H3,(H,30,33)(H,31,34). The molecule has 5 heteroatoms. The first-order valence-electron chi connectivity index (χ1n) is 12.9. The number of H-pyrrole nitrogens is 1. The number of fused-ring (bicyclic) bond motifs is 1. The van der Waals surface area contributed by atoms with Crippen LogP contribution in [0.4, 0.5) is 5.69 Å². The monoisotopic (exact) mass is 457 g/mol. The SMILES string of the molecule is CC1CCCCC1C(=O)Nc1ccc(-c2cc3ccc(C(=O)NC4CCCCC4)cc3[nH]2)cc1. The summed E-state index contributed by atoms with van der Waals surface area (Å²) < 4.78 is 0. The zero-order valence-electron chi connectivity index (χ0n) is 20.0. The third-order valence-corrected chi connectivity index (χ3v) is 7.74. The van der Waals surface area contributed by atoms with E-state index in [9.17, 15) is 9.59 Å². The van der Waals surface area contributed by atoms with Crippen LogP contribution in [0.3, 0.4) is 0 Å². The molecule has 3 aromatic rings. The maximum absolute atomic E-state index is 12.7. The lowest BCUT2D eigenvalue weighted by atomic mass is 9.80. The molecule has 34 heavy (non-hydrogen) atoms. The van der Waals surface area contributed by atoms with Gasteiger partial charge in [-0.2, -0.15) is 0 Å². The van der Waals surface area contributed by atoms with Crippen molar-refractivity contribution in [3.63, 3.8) is 0 Å². The van der Waals surface area contributed by atoms with E-state index in [4.69, 9.17) is 0 Å². The van der Waals surface area contributed by atoms with Crippen LogP contribution >= 0.6 is 0 Å². The van der Waals surface area contributed by atoms with Crippen LogP contribution in [0, 0.1) is 11.8 Å². The van der Waals surface area contributed by atoms with Gasteiger partial charge in [0.2, 0.25) is 5.91 Å². The second kappa shape index (κ2) is 10.0. The third-order valence-electron chi connectivity index (χ3n) is 7.74. The molecular formula is C29H35N3O2. The highest BCUT2D eigenvalue weighted by molar-refractivity contribution is 5.99. The molecule has 2 saturated carbocycles. The fourth-order valence-corrected chi connectivity index (χ4v) is 5.61. The van der Waals surface area contributed by atoms with E-state index < -0.39 is 0 Å². The van der Waals surface area contributed by atoms with Crippen molar-refractivity contribution in [1.29, 1.82) is 0 Å². The van der Waals surface area contributed by atoms with Gasteiger partial charge in [0, 0.05) is 39.8 Å². The molecule has 2 atom stereocenters. The Morgan fingerprint density at radius 2 is 1.59 bits per heavy atom. The Bertz CT molecular complexity index is 1160. The summed E-state index contributed by atoms with van der Waals surface area (Å²) in [5.74, 6) is 0.725. The summed E-state index contributed by atoms with van der Waals surface area (Å²) >= 11 is 0. The van der Waals surface area contributed by atoms with Crippen LogP contribution < -0.4 is 10.6 Å². The number of hydrogen-bond acceptors (Lipinski definition) is 2. The number of anilines is 1. The molecule has 5 rings (SSSR count). The maximum Gasteiger partial charge on any atom is 0.251 e. The van der Waals surface area contributed by atoms with Crippen LogP contribution in [0.5, 0.6) is 0 Å². The van der Waals surface area contributed by atoms with Gasteiger partial charge in [-0.3, -0.25) is 9.59 Å². The third kappa shape index (κ3) is 5.03. The number of carbonyl (C=O) groups is 2. The van der Waals surface area contributed by atoms with Gasteiger partial charge in [-0.15, -0.1) is 0 Å². The van der Waals surface area contributed by atoms with E-state index in [0.29, 0.717) is 17.5 Å². The Hall–Kier alpha value is -3.08. The van der Waals surface area contributed by atoms with Gasteiger partial charge in [0.15, 0.2) is 0 Å². The molecule has 2 fully saturated rings. The number of aromatic nitrogens is 1. The summed E-state index contributed by atoms with van der Waals surface area (Å²) in [5, 5.41) is 7.38. The molecule has 1 heterocycles. The fourth-order valence-electron chi connectivity index (χ4n) is 5.61. The van der Waals surface area contributed by atoms with Crippen LogP contribution in [0.1, 0.15) is 75.1 Å². The van der Waals surface area contributed by atoms with E-state index in [2.05, 4.69) is 28.6 Å². The second-order valence-electron chi connectivity index (χ2n) is 10.2. The van der Waals surface area contributed by atoms with Crippen molar-refractivity contribution >= 4 is 28.4 Å². The minimum atomic E-state index is 0.0114. The zero-order valence-corrected chi connectivity index (χ0v) is 20.0. The maximum atomic E-state index is 12.7. The topological polar surface area (TPSA) is 74.0 Å². The van der Waals surface area contributed by atoms with Gasteiger partial charge >= 0.3 is 0 Å². The summed E-state index contributed by atoms with van der Waals surface area (Å²) in [4.78, 5) is 28.9. The van der Waals surface area contributed by atoms with Gasteiger partial charge in [-0.05, 0) is 67.5 Å². The summed E-state index contributed by atoms with van der Waals surface area (Å²) in [6.45, 7) is 2.19. The Balaban J connectivity index is 1.26. The summed E-state index contributed by atoms with van der Waals surface area (Å²) in [5.41, 5.74) is 4.53. The fraction of sp³-hybridized carbons (Fsp3) is 0.448. The first-order chi connectivity index (χ1) is 16.6. The molecular weight excluding hydrogens is 422 g/mol. The Labute approximate surface area is 201 Å². The predicted molar refractivity (Wildman–Crippen MR) is 138 cm³/mol. The van der Waals surface area contributed by atoms with Crippen molar-refractivity contribution in [2.24, 2.45) is 11.8 Å². The number of amides is 2. The molecule has 2 amide bonds. The average Bonchev–Trinajstić information content (AvgIpc) is 3.29. The molecule has 1 aromatic heterocycles. The Morgan fingerprint density at radius 1 is 0.853 bits per heavy atom. The molecule has 0 radical (unpaired) electrons. The van der Waals surface area contributed by atoms with Crippen molar-refractivity contribution in [3.05, 3.63) is 54.1 Å². The summed E-state index contributed by atoms with van der Waals surface area (Å²) in [7, 11) is 0. The highest BCUT2D eigenvalue weighted by Gasteiger charge is 2.27. The lowest BCUT2D eigenvalue weighted by molar-refractivity contribution is -0.122. The lowest BCUT2D eigenvalue weighted by Gasteiger charge is -2.27. The van der Waals surface area contributed by atoms with Crippen LogP contribution in [-0.2, 0) is 4.79 Å². The number of aromatic amines is 1. The second-order valence-corrected chi connectivity index (χ2v) is 10.2. The summed E-state index contributed by atoms with van der Waals surface area (Å²) in [6, 6.07) is 16.3. The van der Waals surface area contributed by atoms with Gasteiger partial charge in [0.1, 0.15) is 0 Å². The first kappa shape index (κ1) is 22.7. The molecule has 2 unspecified atom stereocenters. The number of rotatable bonds is 5. The van der Waals surface area contributed by atoms with Gasteiger partial charge in [0.05, 0.1) is 0 Å². The van der Waals surface area contributed by atoms with Gasteiger partial charge in [-0.25, -0.2) is 0 Å². The first-order valence-corrected chi connectivity index (χ1v) is 12.9. The van der Waals surface area contributed by atoms with Gasteiger partial charge in [-0.1, -0.05) is 57.2 Å². The quantitative estimate of drug-likeness (QED) is 0.401. The number of hydrogen-bond donors (Lipinski definition) is 3. The zero-order chi connectivity index (χ0) is 23.5. The molecule has 0 bridgehead atoms. The van der Waals surface area contributed by atoms with Crippen molar-refractivity contribution in [1.82, 2.24) is 10.3 Å². The normalized spacial score (nSPS) is 21.3. The van der Waals surface area contributed by atoms with Crippen LogP contribution in [-0.4, -0.2) is 22.8 Å². The molecule has 3 N–H and O–H groups in total. The van der Waals surface area contributed by atoms with Crippen molar-refractivity contribution in [2.45, 2.75) is 70.8 Å². The van der Waals surface area contributed by atoms with E-state index in [-0.39, 0.29) is 17.7 Å². The highest BCUT2D eigenvalue weighted by Crippen LogP contribution is 2.31. The van der Waals surface area contributed by atoms with E-state index in [1.54, 1.807) is 0 Å². The molecule has 178 valence electrons. The minimum absolute atomic E-state index is 0.0114. The largest absolute Gasteiger partial charge is 0.355 e. The Kier molecular flexibility index (Phi) is 6.70. The van der Waals surface area contributed by atoms with Crippen LogP contribution in [0.2, 0.25) is 0 Å². The number of carbonyl (C=O) groups excluding carboxylic acids is 2. The average molecular weight is 458 g/mol. The minimum Gasteiger partial charge on any atom is -0.355 e. The molecule has 5 nitrogen and oxygen atoms in total. The predicted octanol–water partition coefficient (Wildman–Crippen LogP) is 6.66. The van der Waals surface area contributed by atoms with Crippen molar-refractivity contribution < 1.29 is 9.59 Å². The van der Waals surface area contributed by atoms with Crippen molar-refractivity contribution in [3.8, 4) is 11.3 Å². The molecule has 0 saturated heterocycles. The highest BCUT2D eigenvalue weighted by atomic mass is 16.2. The molecule has 2 aromatic carbocycles. The lowest BCUT2D eigenvalue weighted by Crippen LogP contribution is -2.36. The molecule has 0 aliphatic heterocycles. The van der Waals surface area contributed by atoms with Gasteiger partial charge < -0.3 is 15.6 Å². The van der Waals surface area contributed by atoms with Gasteiger partial charge in [0.25, 0.3) is 5.91 Å². The smallest absolute Gasteiger partial charge is 0.251 e. The number of benzene rings is 2. The van der Waals surface area contributed by atoms with Crippen LogP contribution in [0.25, 0.3) is 22.2 Å². The summed E-state index contributed by atoms with van der Waals surface area (Å²) in [6.07, 6.45) is 10.3. The molecule has 2 aliphatic carbocycles. The van der Waals surface area contributed by atoms with E-state index in [0.717, 1.165) is 60.0 Å². The molecule has 0 spiro atoms.